The van der Waals surface area contributed by atoms with Crippen LogP contribution in [-0.4, -0.2) is 30.2 Å². The predicted octanol–water partition coefficient (Wildman–Crippen LogP) is 2.96. The summed E-state index contributed by atoms with van der Waals surface area (Å²) >= 11 is 0. The molecule has 0 atom stereocenters. The maximum absolute atomic E-state index is 12.1. The number of amides is 1. The lowest BCUT2D eigenvalue weighted by molar-refractivity contribution is -0.128. The summed E-state index contributed by atoms with van der Waals surface area (Å²) in [5.41, 5.74) is 2.50. The van der Waals surface area contributed by atoms with Gasteiger partial charge in [-0.05, 0) is 24.6 Å². The molecular weight excluding hydrogens is 276 g/mol. The third-order valence-electron chi connectivity index (χ3n) is 3.40. The second-order valence-corrected chi connectivity index (χ2v) is 5.23. The molecular formula is C18H20N2O2. The standard InChI is InChI=1S/C18H20N2O2/c1-14(21)16-9-6-10-17(11-16)19-12-18(22)20(2)13-15-7-4-3-5-8-15/h3-11,19H,12-13H2,1-2H3. The van der Waals surface area contributed by atoms with E-state index in [1.165, 1.54) is 6.92 Å². The van der Waals surface area contributed by atoms with Crippen LogP contribution in [-0.2, 0) is 11.3 Å². The molecule has 2 aromatic rings. The largest absolute Gasteiger partial charge is 0.376 e. The lowest BCUT2D eigenvalue weighted by atomic mass is 10.1. The molecule has 22 heavy (non-hydrogen) atoms. The third kappa shape index (κ3) is 4.45. The van der Waals surface area contributed by atoms with Crippen molar-refractivity contribution < 1.29 is 9.59 Å². The molecule has 0 aliphatic heterocycles. The molecule has 0 fully saturated rings. The summed E-state index contributed by atoms with van der Waals surface area (Å²) in [7, 11) is 1.78. The zero-order valence-electron chi connectivity index (χ0n) is 12.9. The van der Waals surface area contributed by atoms with Crippen LogP contribution in [0.15, 0.2) is 54.6 Å². The fourth-order valence-electron chi connectivity index (χ4n) is 2.11. The van der Waals surface area contributed by atoms with Crippen molar-refractivity contribution in [3.63, 3.8) is 0 Å². The number of nitrogens with one attached hydrogen (secondary N) is 1. The molecule has 4 nitrogen and oxygen atoms in total. The second kappa shape index (κ2) is 7.41. The summed E-state index contributed by atoms with van der Waals surface area (Å²) in [6.45, 7) is 2.30. The molecule has 114 valence electrons. The van der Waals surface area contributed by atoms with Crippen LogP contribution in [0.2, 0.25) is 0 Å². The summed E-state index contributed by atoms with van der Waals surface area (Å²) < 4.78 is 0. The van der Waals surface area contributed by atoms with Crippen molar-refractivity contribution >= 4 is 17.4 Å². The molecule has 0 saturated heterocycles. The van der Waals surface area contributed by atoms with Crippen molar-refractivity contribution in [3.05, 3.63) is 65.7 Å². The molecule has 0 heterocycles. The van der Waals surface area contributed by atoms with Gasteiger partial charge in [-0.3, -0.25) is 9.59 Å². The molecule has 0 spiro atoms. The Labute approximate surface area is 130 Å². The van der Waals surface area contributed by atoms with Crippen molar-refractivity contribution in [2.24, 2.45) is 0 Å². The lowest BCUT2D eigenvalue weighted by Gasteiger charge is -2.18. The Morgan fingerprint density at radius 2 is 1.77 bits per heavy atom. The van der Waals surface area contributed by atoms with Crippen LogP contribution in [0.25, 0.3) is 0 Å². The number of benzene rings is 2. The van der Waals surface area contributed by atoms with E-state index in [1.807, 2.05) is 36.4 Å². The zero-order chi connectivity index (χ0) is 15.9. The van der Waals surface area contributed by atoms with Gasteiger partial charge in [-0.25, -0.2) is 0 Å². The topological polar surface area (TPSA) is 49.4 Å². The Hall–Kier alpha value is -2.62. The fourth-order valence-corrected chi connectivity index (χ4v) is 2.11. The van der Waals surface area contributed by atoms with Gasteiger partial charge in [0.15, 0.2) is 5.78 Å². The normalized spacial score (nSPS) is 10.1. The van der Waals surface area contributed by atoms with Crippen LogP contribution < -0.4 is 5.32 Å². The smallest absolute Gasteiger partial charge is 0.241 e. The molecule has 0 unspecified atom stereocenters. The molecule has 0 aromatic heterocycles. The summed E-state index contributed by atoms with van der Waals surface area (Å²) in [6.07, 6.45) is 0. The number of carbonyl (C=O) groups is 2. The molecule has 1 amide bonds. The van der Waals surface area contributed by atoms with E-state index in [4.69, 9.17) is 0 Å². The summed E-state index contributed by atoms with van der Waals surface area (Å²) in [4.78, 5) is 25.2. The number of anilines is 1. The minimum absolute atomic E-state index is 0.00270. The minimum atomic E-state index is -0.00270. The van der Waals surface area contributed by atoms with E-state index in [2.05, 4.69) is 5.32 Å². The van der Waals surface area contributed by atoms with Gasteiger partial charge >= 0.3 is 0 Å². The Balaban J connectivity index is 1.89. The van der Waals surface area contributed by atoms with E-state index in [0.717, 1.165) is 11.3 Å². The number of ketones is 1. The fraction of sp³-hybridized carbons (Fsp3) is 0.222. The maximum Gasteiger partial charge on any atom is 0.241 e. The Morgan fingerprint density at radius 3 is 2.45 bits per heavy atom. The second-order valence-electron chi connectivity index (χ2n) is 5.23. The SMILES string of the molecule is CC(=O)c1cccc(NCC(=O)N(C)Cc2ccccc2)c1. The van der Waals surface area contributed by atoms with Gasteiger partial charge in [0.2, 0.25) is 5.91 Å². The first kappa shape index (κ1) is 15.8. The summed E-state index contributed by atoms with van der Waals surface area (Å²) in [6, 6.07) is 17.0. The van der Waals surface area contributed by atoms with Crippen LogP contribution in [0.4, 0.5) is 5.69 Å². The van der Waals surface area contributed by atoms with Crippen LogP contribution in [0.5, 0.6) is 0 Å². The molecule has 2 aromatic carbocycles. The first-order chi connectivity index (χ1) is 10.6. The van der Waals surface area contributed by atoms with Crippen LogP contribution in [0.1, 0.15) is 22.8 Å². The van der Waals surface area contributed by atoms with E-state index in [1.54, 1.807) is 30.1 Å². The number of carbonyl (C=O) groups excluding carboxylic acids is 2. The highest BCUT2D eigenvalue weighted by molar-refractivity contribution is 5.95. The average molecular weight is 296 g/mol. The minimum Gasteiger partial charge on any atom is -0.376 e. The van der Waals surface area contributed by atoms with Gasteiger partial charge in [0, 0.05) is 24.8 Å². The predicted molar refractivity (Wildman–Crippen MR) is 87.9 cm³/mol. The first-order valence-electron chi connectivity index (χ1n) is 7.19. The molecule has 0 saturated carbocycles. The highest BCUT2D eigenvalue weighted by atomic mass is 16.2. The van der Waals surface area contributed by atoms with Gasteiger partial charge in [-0.1, -0.05) is 42.5 Å². The quantitative estimate of drug-likeness (QED) is 0.834. The number of likely N-dealkylation sites (N-methyl/N-ethyl adjacent to an activating group) is 1. The van der Waals surface area contributed by atoms with E-state index >= 15 is 0 Å². The van der Waals surface area contributed by atoms with Gasteiger partial charge in [0.05, 0.1) is 6.54 Å². The van der Waals surface area contributed by atoms with Gasteiger partial charge in [-0.15, -0.1) is 0 Å². The Morgan fingerprint density at radius 1 is 1.05 bits per heavy atom. The van der Waals surface area contributed by atoms with Crippen molar-refractivity contribution in [1.29, 1.82) is 0 Å². The Kier molecular flexibility index (Phi) is 5.31. The van der Waals surface area contributed by atoms with Crippen molar-refractivity contribution in [2.45, 2.75) is 13.5 Å². The van der Waals surface area contributed by atoms with E-state index < -0.39 is 0 Å². The van der Waals surface area contributed by atoms with Crippen LogP contribution >= 0.6 is 0 Å². The zero-order valence-corrected chi connectivity index (χ0v) is 12.9. The lowest BCUT2D eigenvalue weighted by Crippen LogP contribution is -2.31. The van der Waals surface area contributed by atoms with Gasteiger partial charge < -0.3 is 10.2 Å². The first-order valence-corrected chi connectivity index (χ1v) is 7.19. The molecule has 0 aliphatic carbocycles. The molecule has 0 aliphatic rings. The van der Waals surface area contributed by atoms with E-state index in [-0.39, 0.29) is 18.2 Å². The maximum atomic E-state index is 12.1. The molecule has 0 radical (unpaired) electrons. The van der Waals surface area contributed by atoms with Gasteiger partial charge in [0.25, 0.3) is 0 Å². The molecule has 4 heteroatoms. The monoisotopic (exact) mass is 296 g/mol. The van der Waals surface area contributed by atoms with Crippen LogP contribution in [0.3, 0.4) is 0 Å². The molecule has 2 rings (SSSR count). The van der Waals surface area contributed by atoms with E-state index in [9.17, 15) is 9.59 Å². The van der Waals surface area contributed by atoms with Crippen molar-refractivity contribution in [1.82, 2.24) is 4.90 Å². The third-order valence-corrected chi connectivity index (χ3v) is 3.40. The average Bonchev–Trinajstić information content (AvgIpc) is 2.53. The van der Waals surface area contributed by atoms with Crippen molar-refractivity contribution in [2.75, 3.05) is 18.9 Å². The number of hydrogen-bond donors (Lipinski definition) is 1. The summed E-state index contributed by atoms with van der Waals surface area (Å²) in [5.74, 6) is 0.00764. The van der Waals surface area contributed by atoms with Crippen LogP contribution in [0, 0.1) is 0 Å². The highest BCUT2D eigenvalue weighted by Gasteiger charge is 2.09. The highest BCUT2D eigenvalue weighted by Crippen LogP contribution is 2.11. The number of Topliss-reactive ketones (excluding diaryl/α,β-unsaturated/α-hetero) is 1. The van der Waals surface area contributed by atoms with E-state index in [0.29, 0.717) is 12.1 Å². The van der Waals surface area contributed by atoms with Gasteiger partial charge in [-0.2, -0.15) is 0 Å². The Bertz CT molecular complexity index is 653. The summed E-state index contributed by atoms with van der Waals surface area (Å²) in [5, 5.41) is 3.06. The number of nitrogens with zero attached hydrogens (tertiary/aromatic N) is 1. The van der Waals surface area contributed by atoms with Crippen molar-refractivity contribution in [3.8, 4) is 0 Å². The number of hydrogen-bond acceptors (Lipinski definition) is 3. The molecule has 0 bridgehead atoms. The molecule has 1 N–H and O–H groups in total. The number of rotatable bonds is 6. The van der Waals surface area contributed by atoms with Gasteiger partial charge in [0.1, 0.15) is 0 Å².